The fourth-order valence-electron chi connectivity index (χ4n) is 3.85. The average molecular weight is 367 g/mol. The van der Waals surface area contributed by atoms with E-state index in [0.717, 1.165) is 38.3 Å². The number of ether oxygens (including phenoxy) is 1. The molecule has 4 nitrogen and oxygen atoms in total. The van der Waals surface area contributed by atoms with E-state index in [9.17, 15) is 4.79 Å². The number of benzene rings is 1. The number of carbonyl (C=O) groups is 1. The summed E-state index contributed by atoms with van der Waals surface area (Å²) < 4.78 is 5.69. The highest BCUT2D eigenvalue weighted by atomic mass is 35.5. The van der Waals surface area contributed by atoms with Gasteiger partial charge in [0.2, 0.25) is 0 Å². The maximum Gasteiger partial charge on any atom is 0.328 e. The fraction of sp³-hybridized carbons (Fsp3) is 0.650. The maximum absolute atomic E-state index is 12.8. The lowest BCUT2D eigenvalue weighted by Crippen LogP contribution is -2.40. The zero-order chi connectivity index (χ0) is 16.6. The molecule has 2 fully saturated rings. The molecule has 3 rings (SSSR count). The molecule has 2 aliphatic heterocycles. The van der Waals surface area contributed by atoms with Gasteiger partial charge in [0.15, 0.2) is 0 Å². The highest BCUT2D eigenvalue weighted by Gasteiger charge is 2.30. The second-order valence-corrected chi connectivity index (χ2v) is 6.98. The van der Waals surface area contributed by atoms with Crippen molar-refractivity contribution < 1.29 is 9.53 Å². The van der Waals surface area contributed by atoms with E-state index in [1.165, 1.54) is 38.5 Å². The molecule has 25 heavy (non-hydrogen) atoms. The normalized spacial score (nSPS) is 20.5. The molecule has 0 aliphatic carbocycles. The molecule has 2 aliphatic rings. The minimum absolute atomic E-state index is 0. The van der Waals surface area contributed by atoms with Crippen molar-refractivity contribution in [3.63, 3.8) is 0 Å². The standard InChI is InChI=1S/C20H30N2O2.ClH/c23-20(24-17-16-21-12-6-2-7-13-21)19(18-10-4-1-5-11-18)22-14-8-3-9-15-22;/h1,4-5,10-11,19H,2-3,6-9,12-17H2;1H/t19-;/m1./s1. The zero-order valence-electron chi connectivity index (χ0n) is 15.1. The smallest absolute Gasteiger partial charge is 0.328 e. The van der Waals surface area contributed by atoms with Crippen LogP contribution in [0.3, 0.4) is 0 Å². The summed E-state index contributed by atoms with van der Waals surface area (Å²) in [4.78, 5) is 17.5. The van der Waals surface area contributed by atoms with E-state index in [4.69, 9.17) is 4.74 Å². The van der Waals surface area contributed by atoms with Crippen LogP contribution in [0.1, 0.15) is 50.1 Å². The highest BCUT2D eigenvalue weighted by molar-refractivity contribution is 5.85. The molecule has 0 unspecified atom stereocenters. The Morgan fingerprint density at radius 3 is 2.16 bits per heavy atom. The Morgan fingerprint density at radius 2 is 1.52 bits per heavy atom. The number of nitrogens with zero attached hydrogens (tertiary/aromatic N) is 2. The number of carbonyl (C=O) groups excluding carboxylic acids is 1. The van der Waals surface area contributed by atoms with Crippen molar-refractivity contribution in [2.45, 2.75) is 44.6 Å². The van der Waals surface area contributed by atoms with Crippen molar-refractivity contribution in [2.75, 3.05) is 39.3 Å². The van der Waals surface area contributed by atoms with Gasteiger partial charge in [0.05, 0.1) is 0 Å². The Hall–Kier alpha value is -1.10. The first-order valence-corrected chi connectivity index (χ1v) is 9.52. The number of piperidine rings is 2. The van der Waals surface area contributed by atoms with Crippen LogP contribution < -0.4 is 0 Å². The maximum atomic E-state index is 12.8. The molecular weight excluding hydrogens is 336 g/mol. The quantitative estimate of drug-likeness (QED) is 0.719. The molecule has 0 spiro atoms. The van der Waals surface area contributed by atoms with E-state index in [2.05, 4.69) is 9.80 Å². The first-order chi connectivity index (χ1) is 11.8. The first kappa shape index (κ1) is 20.2. The minimum atomic E-state index is -0.243. The van der Waals surface area contributed by atoms with Gasteiger partial charge in [0, 0.05) is 6.54 Å². The van der Waals surface area contributed by atoms with Gasteiger partial charge in [-0.1, -0.05) is 43.2 Å². The molecule has 5 heteroatoms. The number of esters is 1. The van der Waals surface area contributed by atoms with Crippen molar-refractivity contribution in [3.8, 4) is 0 Å². The van der Waals surface area contributed by atoms with Crippen molar-refractivity contribution >= 4 is 18.4 Å². The molecule has 140 valence electrons. The number of rotatable bonds is 6. The van der Waals surface area contributed by atoms with Gasteiger partial charge >= 0.3 is 5.97 Å². The topological polar surface area (TPSA) is 32.8 Å². The van der Waals surface area contributed by atoms with Crippen LogP contribution in [0.5, 0.6) is 0 Å². The van der Waals surface area contributed by atoms with Crippen LogP contribution in [0.2, 0.25) is 0 Å². The molecule has 2 heterocycles. The lowest BCUT2D eigenvalue weighted by molar-refractivity contribution is -0.151. The van der Waals surface area contributed by atoms with Gasteiger partial charge in [-0.2, -0.15) is 0 Å². The lowest BCUT2D eigenvalue weighted by Gasteiger charge is -2.33. The van der Waals surface area contributed by atoms with Gasteiger partial charge in [0.1, 0.15) is 12.6 Å². The third-order valence-electron chi connectivity index (χ3n) is 5.19. The van der Waals surface area contributed by atoms with Gasteiger partial charge in [-0.3, -0.25) is 9.80 Å². The molecule has 0 amide bonds. The van der Waals surface area contributed by atoms with E-state index in [0.29, 0.717) is 6.61 Å². The van der Waals surface area contributed by atoms with Crippen molar-refractivity contribution in [3.05, 3.63) is 35.9 Å². The average Bonchev–Trinajstić information content (AvgIpc) is 2.65. The van der Waals surface area contributed by atoms with Gasteiger partial charge in [-0.05, 0) is 57.4 Å². The van der Waals surface area contributed by atoms with E-state index in [-0.39, 0.29) is 24.4 Å². The summed E-state index contributed by atoms with van der Waals surface area (Å²) >= 11 is 0. The molecule has 0 radical (unpaired) electrons. The Balaban J connectivity index is 0.00000225. The van der Waals surface area contributed by atoms with Gasteiger partial charge in [0.25, 0.3) is 0 Å². The summed E-state index contributed by atoms with van der Waals surface area (Å²) in [5.74, 6) is -0.0832. The van der Waals surface area contributed by atoms with Crippen LogP contribution >= 0.6 is 12.4 Å². The second kappa shape index (κ2) is 10.8. The molecule has 0 N–H and O–H groups in total. The van der Waals surface area contributed by atoms with Crippen LogP contribution in [0.4, 0.5) is 0 Å². The van der Waals surface area contributed by atoms with Gasteiger partial charge in [-0.25, -0.2) is 4.79 Å². The lowest BCUT2D eigenvalue weighted by atomic mass is 10.0. The summed E-state index contributed by atoms with van der Waals surface area (Å²) in [7, 11) is 0. The number of halogens is 1. The Morgan fingerprint density at radius 1 is 0.920 bits per heavy atom. The summed E-state index contributed by atoms with van der Waals surface area (Å²) in [6, 6.07) is 9.86. The predicted molar refractivity (Wildman–Crippen MR) is 103 cm³/mol. The monoisotopic (exact) mass is 366 g/mol. The molecule has 2 saturated heterocycles. The van der Waals surface area contributed by atoms with Crippen molar-refractivity contribution in [1.82, 2.24) is 9.80 Å². The van der Waals surface area contributed by atoms with Crippen molar-refractivity contribution in [2.24, 2.45) is 0 Å². The van der Waals surface area contributed by atoms with Crippen LogP contribution in [-0.4, -0.2) is 55.1 Å². The van der Waals surface area contributed by atoms with E-state index in [1.54, 1.807) is 0 Å². The third-order valence-corrected chi connectivity index (χ3v) is 5.19. The van der Waals surface area contributed by atoms with Crippen LogP contribution in [0, 0.1) is 0 Å². The fourth-order valence-corrected chi connectivity index (χ4v) is 3.85. The van der Waals surface area contributed by atoms with Gasteiger partial charge in [-0.15, -0.1) is 12.4 Å². The molecule has 0 saturated carbocycles. The predicted octanol–water partition coefficient (Wildman–Crippen LogP) is 3.66. The third kappa shape index (κ3) is 5.98. The number of hydrogen-bond acceptors (Lipinski definition) is 4. The second-order valence-electron chi connectivity index (χ2n) is 6.98. The summed E-state index contributed by atoms with van der Waals surface area (Å²) in [5, 5.41) is 0. The summed E-state index contributed by atoms with van der Waals surface area (Å²) in [6.07, 6.45) is 7.49. The van der Waals surface area contributed by atoms with E-state index < -0.39 is 0 Å². The molecule has 1 aromatic carbocycles. The molecule has 1 aromatic rings. The molecule has 0 bridgehead atoms. The SMILES string of the molecule is Cl.O=C(OCCN1CCCCC1)[C@@H](c1ccccc1)N1CCCCC1. The van der Waals surface area contributed by atoms with Crippen molar-refractivity contribution in [1.29, 1.82) is 0 Å². The first-order valence-electron chi connectivity index (χ1n) is 9.52. The highest BCUT2D eigenvalue weighted by Crippen LogP contribution is 2.26. The molecule has 0 aromatic heterocycles. The van der Waals surface area contributed by atoms with Crippen LogP contribution in [-0.2, 0) is 9.53 Å². The van der Waals surface area contributed by atoms with Gasteiger partial charge < -0.3 is 4.74 Å². The van der Waals surface area contributed by atoms with E-state index in [1.807, 2.05) is 30.3 Å². The summed E-state index contributed by atoms with van der Waals surface area (Å²) in [6.45, 7) is 5.64. The Bertz CT molecular complexity index is 500. The Kier molecular flexibility index (Phi) is 8.73. The van der Waals surface area contributed by atoms with Crippen LogP contribution in [0.25, 0.3) is 0 Å². The van der Waals surface area contributed by atoms with Crippen LogP contribution in [0.15, 0.2) is 30.3 Å². The largest absolute Gasteiger partial charge is 0.463 e. The Labute approximate surface area is 157 Å². The summed E-state index contributed by atoms with van der Waals surface area (Å²) in [5.41, 5.74) is 1.06. The minimum Gasteiger partial charge on any atom is -0.463 e. The number of hydrogen-bond donors (Lipinski definition) is 0. The molecular formula is C20H31ClN2O2. The van der Waals surface area contributed by atoms with E-state index >= 15 is 0 Å². The zero-order valence-corrected chi connectivity index (χ0v) is 15.9. The molecule has 1 atom stereocenters. The number of likely N-dealkylation sites (tertiary alicyclic amines) is 2.